The van der Waals surface area contributed by atoms with Crippen LogP contribution in [0.2, 0.25) is 0 Å². The highest BCUT2D eigenvalue weighted by Gasteiger charge is 2.62. The summed E-state index contributed by atoms with van der Waals surface area (Å²) in [6, 6.07) is 9.17. The molecule has 0 spiro atoms. The van der Waals surface area contributed by atoms with Crippen molar-refractivity contribution in [2.24, 2.45) is 23.7 Å². The molecule has 1 aliphatic rings. The van der Waals surface area contributed by atoms with Crippen LogP contribution in [0.25, 0.3) is 11.1 Å². The molecule has 4 rings (SSSR count). The minimum atomic E-state index is -1.58. The molecule has 0 bridgehead atoms. The molecule has 312 valence electrons. The first kappa shape index (κ1) is 48.9. The third kappa shape index (κ3) is 11.0. The Kier molecular flexibility index (Phi) is 16.3. The Hall–Kier alpha value is -8.10. The lowest BCUT2D eigenvalue weighted by atomic mass is 9.55. The average molecular weight is 827 g/mol. The fraction of sp³-hybridized carbons (Fsp3) is 0.211. The van der Waals surface area contributed by atoms with Gasteiger partial charge in [-0.3, -0.25) is 28.8 Å². The Morgan fingerprint density at radius 1 is 0.339 bits per heavy atom. The molecule has 0 amide bonds. The Morgan fingerprint density at radius 2 is 0.593 bits per heavy atom. The van der Waals surface area contributed by atoms with Crippen molar-refractivity contribution >= 4 is 71.1 Å². The van der Waals surface area contributed by atoms with Crippen LogP contribution in [0, 0.1) is 23.7 Å². The third-order valence-electron chi connectivity index (χ3n) is 8.54. The largest absolute Gasteiger partial charge is 0.481 e. The zero-order chi connectivity index (χ0) is 44.7. The van der Waals surface area contributed by atoms with E-state index in [-0.39, 0.29) is 29.7 Å². The molecule has 9 N–H and O–H groups in total. The Morgan fingerprint density at radius 3 is 0.881 bits per heavy atom. The Labute approximate surface area is 330 Å². The van der Waals surface area contributed by atoms with Gasteiger partial charge in [-0.15, -0.1) is 0 Å². The number of rotatable bonds is 13. The van der Waals surface area contributed by atoms with Gasteiger partial charge in [0.1, 0.15) is 5.78 Å². The topological polar surface area (TPSA) is 387 Å². The zero-order valence-corrected chi connectivity index (χ0v) is 29.9. The maximum absolute atomic E-state index is 11.5. The third-order valence-corrected chi connectivity index (χ3v) is 8.54. The van der Waals surface area contributed by atoms with Crippen LogP contribution in [-0.2, 0) is 19.2 Å². The number of carbonyl (C=O) groups excluding carboxylic acids is 3. The highest BCUT2D eigenvalue weighted by atomic mass is 16.4. The molecule has 1 fully saturated rings. The molecule has 3 aromatic rings. The molecule has 2 atom stereocenters. The molecule has 0 heterocycles. The fourth-order valence-electron chi connectivity index (χ4n) is 5.89. The monoisotopic (exact) mass is 826 g/mol. The van der Waals surface area contributed by atoms with Crippen molar-refractivity contribution in [3.63, 3.8) is 0 Å². The van der Waals surface area contributed by atoms with E-state index in [0.29, 0.717) is 17.2 Å². The number of carbonyl (C=O) groups is 12. The van der Waals surface area contributed by atoms with E-state index < -0.39 is 117 Å². The van der Waals surface area contributed by atoms with Crippen LogP contribution in [0.5, 0.6) is 0 Å². The summed E-state index contributed by atoms with van der Waals surface area (Å²) in [6.45, 7) is 3.37. The number of benzene rings is 3. The number of Topliss-reactive ketones (excluding diaryl/α,β-unsaturated/α-hetero) is 3. The number of carboxylic acids is 9. The van der Waals surface area contributed by atoms with E-state index >= 15 is 0 Å². The second kappa shape index (κ2) is 19.7. The van der Waals surface area contributed by atoms with Crippen molar-refractivity contribution in [1.29, 1.82) is 0 Å². The van der Waals surface area contributed by atoms with Gasteiger partial charge < -0.3 is 46.0 Å². The number of hydrogen-bond donors (Lipinski definition) is 9. The van der Waals surface area contributed by atoms with E-state index in [1.807, 2.05) is 0 Å². The molecule has 0 aliphatic heterocycles. The van der Waals surface area contributed by atoms with Crippen LogP contribution < -0.4 is 0 Å². The highest BCUT2D eigenvalue weighted by molar-refractivity contribution is 6.11. The molecule has 0 saturated heterocycles. The minimum absolute atomic E-state index is 0. The van der Waals surface area contributed by atoms with Gasteiger partial charge in [-0.1, -0.05) is 19.6 Å². The fourth-order valence-corrected chi connectivity index (χ4v) is 5.89. The molecule has 21 nitrogen and oxygen atoms in total. The molecular formula is C38H34O21. The van der Waals surface area contributed by atoms with Crippen LogP contribution in [0.1, 0.15) is 111 Å². The number of aromatic carboxylic acids is 6. The summed E-state index contributed by atoms with van der Waals surface area (Å²) >= 11 is 0. The van der Waals surface area contributed by atoms with Crippen molar-refractivity contribution in [2.75, 3.05) is 0 Å². The summed E-state index contributed by atoms with van der Waals surface area (Å²) in [5, 5.41) is 80.1. The van der Waals surface area contributed by atoms with Crippen LogP contribution in [-0.4, -0.2) is 117 Å². The van der Waals surface area contributed by atoms with E-state index in [0.717, 1.165) is 32.0 Å². The number of carboxylic acid groups (broad SMARTS) is 9. The first-order chi connectivity index (χ1) is 26.8. The zero-order valence-electron chi connectivity index (χ0n) is 29.9. The van der Waals surface area contributed by atoms with Crippen molar-refractivity contribution in [3.8, 4) is 11.1 Å². The maximum Gasteiger partial charge on any atom is 0.336 e. The second-order valence-corrected chi connectivity index (χ2v) is 12.1. The predicted molar refractivity (Wildman–Crippen MR) is 194 cm³/mol. The first-order valence-electron chi connectivity index (χ1n) is 15.8. The van der Waals surface area contributed by atoms with Gasteiger partial charge in [-0.2, -0.15) is 0 Å². The highest BCUT2D eigenvalue weighted by Crippen LogP contribution is 2.47. The number of hydrogen-bond acceptors (Lipinski definition) is 12. The van der Waals surface area contributed by atoms with Crippen LogP contribution in [0.4, 0.5) is 0 Å². The van der Waals surface area contributed by atoms with Crippen molar-refractivity contribution in [3.05, 3.63) is 93.0 Å². The SMILES string of the molecule is C.CC(=O)C1C(C(=O)O)C(C(=O)O)C1C(=O)O.CC(=O)c1cc(C(=O)O)c(C(=O)O)cc1C(=O)O.CC(=O)c1ccc(-c2ccc(C(=O)O)c(C(=O)O)c2)cc1C(=O)O. The van der Waals surface area contributed by atoms with Gasteiger partial charge in [0.25, 0.3) is 0 Å². The summed E-state index contributed by atoms with van der Waals surface area (Å²) in [6.07, 6.45) is 0. The van der Waals surface area contributed by atoms with Gasteiger partial charge in [-0.25, -0.2) is 28.8 Å². The summed E-state index contributed by atoms with van der Waals surface area (Å²) in [7, 11) is 0. The molecule has 2 unspecified atom stereocenters. The molecule has 59 heavy (non-hydrogen) atoms. The van der Waals surface area contributed by atoms with E-state index in [1.54, 1.807) is 0 Å². The smallest absolute Gasteiger partial charge is 0.336 e. The molecule has 3 aromatic carbocycles. The van der Waals surface area contributed by atoms with Gasteiger partial charge in [0.15, 0.2) is 11.6 Å². The number of ketones is 3. The van der Waals surface area contributed by atoms with Gasteiger partial charge >= 0.3 is 53.7 Å². The second-order valence-electron chi connectivity index (χ2n) is 12.1. The summed E-state index contributed by atoms with van der Waals surface area (Å²) in [4.78, 5) is 132. The quantitative estimate of drug-likeness (QED) is 0.111. The normalized spacial score (nSPS) is 16.0. The van der Waals surface area contributed by atoms with Crippen LogP contribution >= 0.6 is 0 Å². The Balaban J connectivity index is 0.000000450. The molecular weight excluding hydrogens is 792 g/mol. The Bertz CT molecular complexity index is 2070. The minimum Gasteiger partial charge on any atom is -0.481 e. The lowest BCUT2D eigenvalue weighted by Gasteiger charge is -2.43. The first-order valence-corrected chi connectivity index (χ1v) is 15.8. The van der Waals surface area contributed by atoms with E-state index in [2.05, 4.69) is 0 Å². The summed E-state index contributed by atoms with van der Waals surface area (Å²) in [5.41, 5.74) is -2.45. The van der Waals surface area contributed by atoms with Crippen LogP contribution in [0.3, 0.4) is 0 Å². The van der Waals surface area contributed by atoms with Gasteiger partial charge in [0.05, 0.1) is 51.1 Å². The summed E-state index contributed by atoms with van der Waals surface area (Å²) in [5.74, 6) is -20.5. The molecule has 1 saturated carbocycles. The lowest BCUT2D eigenvalue weighted by Crippen LogP contribution is -2.59. The van der Waals surface area contributed by atoms with Gasteiger partial charge in [0, 0.05) is 17.0 Å². The molecule has 21 heteroatoms. The van der Waals surface area contributed by atoms with E-state index in [1.165, 1.54) is 31.2 Å². The molecule has 0 aromatic heterocycles. The van der Waals surface area contributed by atoms with Crippen molar-refractivity contribution < 1.29 is 103 Å². The van der Waals surface area contributed by atoms with Crippen molar-refractivity contribution in [1.82, 2.24) is 0 Å². The lowest BCUT2D eigenvalue weighted by molar-refractivity contribution is -0.186. The number of aliphatic carboxylic acids is 3. The molecule has 0 radical (unpaired) electrons. The maximum atomic E-state index is 11.5. The van der Waals surface area contributed by atoms with E-state index in [9.17, 15) is 62.6 Å². The average Bonchev–Trinajstić information content (AvgIpc) is 3.09. The summed E-state index contributed by atoms with van der Waals surface area (Å²) < 4.78 is 0. The van der Waals surface area contributed by atoms with E-state index in [4.69, 9.17) is 40.9 Å². The van der Waals surface area contributed by atoms with Gasteiger partial charge in [0.2, 0.25) is 0 Å². The molecule has 1 aliphatic carbocycles. The van der Waals surface area contributed by atoms with Crippen molar-refractivity contribution in [2.45, 2.75) is 28.2 Å². The predicted octanol–water partition coefficient (Wildman–Crippen LogP) is 3.58. The van der Waals surface area contributed by atoms with Crippen LogP contribution in [0.15, 0.2) is 48.5 Å². The van der Waals surface area contributed by atoms with Gasteiger partial charge in [-0.05, 0) is 68.3 Å². The standard InChI is InChI=1S/C17H12O7.C11H8O7.C9H10O7.CH4/c1-8(18)11-4-2-9(6-13(11)16(21)22)10-3-5-12(15(19)20)14(7-10)17(23)24;1-4(12)5-2-7(10(15)16)8(11(17)18)3-6(5)9(13)14;1-2(10)3-4(7(11)12)6(9(15)16)5(3)8(13)14;/h2-7H,1H3,(H,19,20)(H,21,22)(H,23,24);2-3H,1H3,(H,13,14)(H,15,16)(H,17,18);3-6H,1H3,(H,11,12)(H,13,14)(H,15,16);1H4.